The first-order valence-electron chi connectivity index (χ1n) is 9.27. The van der Waals surface area contributed by atoms with Crippen molar-refractivity contribution in [1.29, 1.82) is 0 Å². The predicted octanol–water partition coefficient (Wildman–Crippen LogP) is 1.28. The van der Waals surface area contributed by atoms with Gasteiger partial charge in [-0.25, -0.2) is 8.42 Å². The Morgan fingerprint density at radius 3 is 2.38 bits per heavy atom. The van der Waals surface area contributed by atoms with Gasteiger partial charge in [-0.05, 0) is 29.8 Å². The predicted molar refractivity (Wildman–Crippen MR) is 108 cm³/mol. The van der Waals surface area contributed by atoms with Crippen LogP contribution < -0.4 is 5.32 Å². The molecule has 9 heteroatoms. The lowest BCUT2D eigenvalue weighted by molar-refractivity contribution is -0.151. The van der Waals surface area contributed by atoms with Crippen LogP contribution in [0.4, 0.5) is 0 Å². The molecular weight excluding hydrogens is 414 g/mol. The van der Waals surface area contributed by atoms with Crippen LogP contribution in [0.2, 0.25) is 5.02 Å². The van der Waals surface area contributed by atoms with Crippen LogP contribution in [0.3, 0.4) is 0 Å². The number of carbonyl (C=O) groups is 2. The van der Waals surface area contributed by atoms with E-state index in [9.17, 15) is 18.0 Å². The van der Waals surface area contributed by atoms with Crippen LogP contribution in [-0.2, 0) is 26.0 Å². The smallest absolute Gasteiger partial charge is 0.246 e. The molecule has 2 fully saturated rings. The number of fused-ring (bicyclic) bond motifs is 1. The van der Waals surface area contributed by atoms with E-state index in [0.717, 1.165) is 5.56 Å². The maximum atomic E-state index is 12.9. The Bertz CT molecular complexity index is 1030. The minimum Gasteiger partial charge on any atom is -0.342 e. The summed E-state index contributed by atoms with van der Waals surface area (Å²) in [6.45, 7) is 0.244. The average Bonchev–Trinajstić information content (AvgIpc) is 2.72. The van der Waals surface area contributed by atoms with Crippen molar-refractivity contribution in [2.45, 2.75) is 23.4 Å². The van der Waals surface area contributed by atoms with Crippen LogP contribution in [0.1, 0.15) is 5.56 Å². The van der Waals surface area contributed by atoms with Crippen molar-refractivity contribution in [2.24, 2.45) is 0 Å². The molecule has 0 saturated carbocycles. The zero-order valence-electron chi connectivity index (χ0n) is 15.5. The molecule has 1 N–H and O–H groups in total. The maximum absolute atomic E-state index is 12.9. The number of nitrogens with zero attached hydrogens (tertiary/aromatic N) is 2. The summed E-state index contributed by atoms with van der Waals surface area (Å²) in [6.07, 6.45) is 0.404. The third-order valence-corrected chi connectivity index (χ3v) is 7.41. The van der Waals surface area contributed by atoms with Crippen molar-refractivity contribution < 1.29 is 18.0 Å². The fraction of sp³-hybridized carbons (Fsp3) is 0.300. The highest BCUT2D eigenvalue weighted by Gasteiger charge is 2.45. The topological polar surface area (TPSA) is 86.8 Å². The highest BCUT2D eigenvalue weighted by atomic mass is 35.5. The standard InChI is InChI=1S/C20H20ClN3O4S/c21-15-6-8-16(9-7-15)29(27,28)23-10-11-24-18(13-23)19(25)22-17(20(24)26)12-14-4-2-1-3-5-14/h1-9,17-18H,10-13H2,(H,22,25)/t17-,18+/m0/s1. The minimum absolute atomic E-state index is 0.0689. The summed E-state index contributed by atoms with van der Waals surface area (Å²) in [4.78, 5) is 27.2. The fourth-order valence-electron chi connectivity index (χ4n) is 3.74. The Labute approximate surface area is 174 Å². The summed E-state index contributed by atoms with van der Waals surface area (Å²) in [5.41, 5.74) is 0.952. The molecule has 4 rings (SSSR count). The second-order valence-electron chi connectivity index (χ2n) is 7.12. The van der Waals surface area contributed by atoms with E-state index in [0.29, 0.717) is 11.4 Å². The van der Waals surface area contributed by atoms with E-state index in [1.54, 1.807) is 0 Å². The van der Waals surface area contributed by atoms with Crippen LogP contribution in [-0.4, -0.2) is 61.2 Å². The lowest BCUT2D eigenvalue weighted by atomic mass is 9.99. The number of rotatable bonds is 4. The third-order valence-electron chi connectivity index (χ3n) is 5.28. The average molecular weight is 434 g/mol. The van der Waals surface area contributed by atoms with Gasteiger partial charge in [-0.15, -0.1) is 0 Å². The lowest BCUT2D eigenvalue weighted by Crippen LogP contribution is -2.69. The van der Waals surface area contributed by atoms with E-state index in [4.69, 9.17) is 11.6 Å². The number of amides is 2. The molecule has 2 saturated heterocycles. The number of benzene rings is 2. The second-order valence-corrected chi connectivity index (χ2v) is 9.49. The number of carbonyl (C=O) groups excluding carboxylic acids is 2. The SMILES string of the molecule is O=C1N[C@@H](Cc2ccccc2)C(=O)N2CCN(S(=O)(=O)c3ccc(Cl)cc3)C[C@H]12. The lowest BCUT2D eigenvalue weighted by Gasteiger charge is -2.44. The summed E-state index contributed by atoms with van der Waals surface area (Å²) in [5, 5.41) is 3.20. The van der Waals surface area contributed by atoms with Gasteiger partial charge in [0.05, 0.1) is 4.90 Å². The van der Waals surface area contributed by atoms with Gasteiger partial charge in [0.1, 0.15) is 12.1 Å². The first-order valence-corrected chi connectivity index (χ1v) is 11.1. The summed E-state index contributed by atoms with van der Waals surface area (Å²) in [6, 6.07) is 13.9. The Morgan fingerprint density at radius 1 is 1.00 bits per heavy atom. The zero-order valence-corrected chi connectivity index (χ0v) is 17.1. The largest absolute Gasteiger partial charge is 0.342 e. The normalized spacial score (nSPS) is 22.9. The van der Waals surface area contributed by atoms with E-state index in [2.05, 4.69) is 5.32 Å². The van der Waals surface area contributed by atoms with Crippen molar-refractivity contribution in [3.05, 3.63) is 65.2 Å². The highest BCUT2D eigenvalue weighted by Crippen LogP contribution is 2.24. The molecule has 0 radical (unpaired) electrons. The van der Waals surface area contributed by atoms with E-state index in [1.807, 2.05) is 30.3 Å². The molecule has 0 aromatic heterocycles. The quantitative estimate of drug-likeness (QED) is 0.787. The van der Waals surface area contributed by atoms with Crippen molar-refractivity contribution in [3.8, 4) is 0 Å². The number of halogens is 1. The van der Waals surface area contributed by atoms with Crippen molar-refractivity contribution in [2.75, 3.05) is 19.6 Å². The van der Waals surface area contributed by atoms with Crippen LogP contribution in [0.25, 0.3) is 0 Å². The van der Waals surface area contributed by atoms with Crippen LogP contribution in [0.15, 0.2) is 59.5 Å². The van der Waals surface area contributed by atoms with Gasteiger partial charge in [0.15, 0.2) is 0 Å². The number of sulfonamides is 1. The van der Waals surface area contributed by atoms with Gasteiger partial charge in [0, 0.05) is 31.1 Å². The molecule has 2 heterocycles. The number of hydrogen-bond acceptors (Lipinski definition) is 4. The Hall–Kier alpha value is -2.42. The van der Waals surface area contributed by atoms with E-state index in [-0.39, 0.29) is 36.3 Å². The number of hydrogen-bond donors (Lipinski definition) is 1. The number of piperazine rings is 2. The van der Waals surface area contributed by atoms with Crippen molar-refractivity contribution >= 4 is 33.4 Å². The zero-order chi connectivity index (χ0) is 20.6. The molecule has 2 aliphatic rings. The number of nitrogens with one attached hydrogen (secondary N) is 1. The summed E-state index contributed by atoms with van der Waals surface area (Å²) >= 11 is 5.84. The molecule has 29 heavy (non-hydrogen) atoms. The Morgan fingerprint density at radius 2 is 1.69 bits per heavy atom. The van der Waals surface area contributed by atoms with Crippen molar-refractivity contribution in [1.82, 2.24) is 14.5 Å². The van der Waals surface area contributed by atoms with Crippen LogP contribution in [0, 0.1) is 0 Å². The first-order chi connectivity index (χ1) is 13.9. The molecular formula is C20H20ClN3O4S. The third kappa shape index (κ3) is 3.88. The van der Waals surface area contributed by atoms with E-state index < -0.39 is 22.1 Å². The first kappa shape index (κ1) is 19.9. The van der Waals surface area contributed by atoms with E-state index in [1.165, 1.54) is 33.5 Å². The summed E-state index contributed by atoms with van der Waals surface area (Å²) < 4.78 is 27.1. The molecule has 2 atom stereocenters. The molecule has 0 spiro atoms. The maximum Gasteiger partial charge on any atom is 0.246 e. The molecule has 0 bridgehead atoms. The monoisotopic (exact) mass is 433 g/mol. The van der Waals surface area contributed by atoms with Crippen molar-refractivity contribution in [3.63, 3.8) is 0 Å². The van der Waals surface area contributed by atoms with E-state index >= 15 is 0 Å². The molecule has 2 aromatic rings. The van der Waals surface area contributed by atoms with Gasteiger partial charge < -0.3 is 10.2 Å². The molecule has 0 aliphatic carbocycles. The molecule has 2 aromatic carbocycles. The van der Waals surface area contributed by atoms with Gasteiger partial charge in [-0.1, -0.05) is 41.9 Å². The van der Waals surface area contributed by atoms with Gasteiger partial charge >= 0.3 is 0 Å². The Balaban J connectivity index is 1.50. The van der Waals surface area contributed by atoms with Crippen LogP contribution >= 0.6 is 11.6 Å². The summed E-state index contributed by atoms with van der Waals surface area (Å²) in [5.74, 6) is -0.511. The van der Waals surface area contributed by atoms with Gasteiger partial charge in [-0.2, -0.15) is 4.31 Å². The molecule has 0 unspecified atom stereocenters. The molecule has 2 amide bonds. The highest BCUT2D eigenvalue weighted by molar-refractivity contribution is 7.89. The molecule has 152 valence electrons. The fourth-order valence-corrected chi connectivity index (χ4v) is 5.30. The summed E-state index contributed by atoms with van der Waals surface area (Å²) in [7, 11) is -3.78. The van der Waals surface area contributed by atoms with Crippen LogP contribution in [0.5, 0.6) is 0 Å². The molecule has 7 nitrogen and oxygen atoms in total. The molecule has 2 aliphatic heterocycles. The van der Waals surface area contributed by atoms with Gasteiger partial charge in [0.2, 0.25) is 21.8 Å². The second kappa shape index (κ2) is 7.78. The van der Waals surface area contributed by atoms with Gasteiger partial charge in [-0.3, -0.25) is 9.59 Å². The van der Waals surface area contributed by atoms with Gasteiger partial charge in [0.25, 0.3) is 0 Å². The minimum atomic E-state index is -3.78. The Kier molecular flexibility index (Phi) is 5.33.